The number of aliphatic carboxylic acids is 1. The zero-order valence-corrected chi connectivity index (χ0v) is 21.3. The normalized spacial score (nSPS) is 45.5. The zero-order valence-electron chi connectivity index (χ0n) is 21.3. The molecule has 0 aromatic carbocycles. The van der Waals surface area contributed by atoms with Crippen molar-refractivity contribution in [3.05, 3.63) is 0 Å². The number of ether oxygens (including phenoxy) is 1. The summed E-state index contributed by atoms with van der Waals surface area (Å²) in [6.07, 6.45) is 9.09. The van der Waals surface area contributed by atoms with E-state index in [2.05, 4.69) is 27.7 Å². The Hall–Kier alpha value is -1.39. The molecular formula is C28H44O5. The molecule has 1 N–H and O–H groups in total. The van der Waals surface area contributed by atoms with E-state index in [4.69, 9.17) is 4.74 Å². The minimum atomic E-state index is -0.707. The minimum absolute atomic E-state index is 0.0428. The molecule has 0 amide bonds. The molecule has 3 unspecified atom stereocenters. The summed E-state index contributed by atoms with van der Waals surface area (Å²) in [5.41, 5.74) is 0.287. The van der Waals surface area contributed by atoms with E-state index in [1.165, 1.54) is 6.92 Å². The van der Waals surface area contributed by atoms with Gasteiger partial charge in [-0.25, -0.2) is 0 Å². The molecule has 5 nitrogen and oxygen atoms in total. The number of carboxylic acid groups (broad SMARTS) is 1. The fourth-order valence-corrected chi connectivity index (χ4v) is 9.49. The molecule has 0 aromatic rings. The van der Waals surface area contributed by atoms with Gasteiger partial charge < -0.3 is 9.84 Å². The van der Waals surface area contributed by atoms with Crippen LogP contribution in [0.5, 0.6) is 0 Å². The quantitative estimate of drug-likeness (QED) is 0.500. The van der Waals surface area contributed by atoms with E-state index in [0.717, 1.165) is 57.8 Å². The van der Waals surface area contributed by atoms with E-state index in [1.807, 2.05) is 0 Å². The Morgan fingerprint density at radius 1 is 1.06 bits per heavy atom. The van der Waals surface area contributed by atoms with Crippen LogP contribution in [0.1, 0.15) is 98.8 Å². The topological polar surface area (TPSA) is 80.7 Å². The number of ketones is 1. The molecule has 0 aromatic heterocycles. The van der Waals surface area contributed by atoms with Gasteiger partial charge in [0.2, 0.25) is 0 Å². The summed E-state index contributed by atoms with van der Waals surface area (Å²) in [5.74, 6) is 1.87. The number of hydrogen-bond acceptors (Lipinski definition) is 4. The van der Waals surface area contributed by atoms with Crippen molar-refractivity contribution in [2.45, 2.75) is 105 Å². The van der Waals surface area contributed by atoms with Crippen LogP contribution in [0.4, 0.5) is 0 Å². The zero-order chi connectivity index (χ0) is 24.1. The number of Topliss-reactive ketones (excluding diaryl/α,β-unsaturated/α-hetero) is 1. The van der Waals surface area contributed by atoms with E-state index in [0.29, 0.717) is 35.4 Å². The second kappa shape index (κ2) is 9.00. The molecule has 4 aliphatic carbocycles. The van der Waals surface area contributed by atoms with E-state index in [9.17, 15) is 19.5 Å². The number of fused-ring (bicyclic) bond motifs is 5. The predicted octanol–water partition coefficient (Wildman–Crippen LogP) is 5.89. The summed E-state index contributed by atoms with van der Waals surface area (Å²) in [6.45, 7) is 10.7. The Bertz CT molecular complexity index is 791. The van der Waals surface area contributed by atoms with Crippen molar-refractivity contribution in [2.75, 3.05) is 0 Å². The SMILES string of the molecule is CC[C@H]1C(=O)C2C3CC[C@H]([C@H](C)CCC(=O)O)[C@@]3(C)CCC2[C@@]2(C)CC[C@@H](OC(C)=O)C[C@@H]12. The maximum absolute atomic E-state index is 14.1. The molecule has 4 fully saturated rings. The number of hydrogen-bond donors (Lipinski definition) is 1. The molecule has 33 heavy (non-hydrogen) atoms. The van der Waals surface area contributed by atoms with Gasteiger partial charge in [0.1, 0.15) is 11.9 Å². The molecule has 0 saturated heterocycles. The summed E-state index contributed by atoms with van der Waals surface area (Å²) in [5, 5.41) is 9.18. The fraction of sp³-hybridized carbons (Fsp3) is 0.893. The average molecular weight is 461 g/mol. The van der Waals surface area contributed by atoms with Gasteiger partial charge in [0, 0.05) is 25.2 Å². The average Bonchev–Trinajstić information content (AvgIpc) is 3.10. The second-order valence-corrected chi connectivity index (χ2v) is 12.4. The Balaban J connectivity index is 1.60. The maximum Gasteiger partial charge on any atom is 0.303 e. The third-order valence-electron chi connectivity index (χ3n) is 11.0. The largest absolute Gasteiger partial charge is 0.481 e. The summed E-state index contributed by atoms with van der Waals surface area (Å²) >= 11 is 0. The molecule has 0 aliphatic heterocycles. The van der Waals surface area contributed by atoms with Crippen molar-refractivity contribution < 1.29 is 24.2 Å². The molecule has 0 spiro atoms. The summed E-state index contributed by atoms with van der Waals surface area (Å²) in [6, 6.07) is 0. The highest BCUT2D eigenvalue weighted by Gasteiger charge is 2.65. The van der Waals surface area contributed by atoms with E-state index in [-0.39, 0.29) is 41.2 Å². The molecular weight excluding hydrogens is 416 g/mol. The van der Waals surface area contributed by atoms with Crippen LogP contribution >= 0.6 is 0 Å². The van der Waals surface area contributed by atoms with E-state index < -0.39 is 5.97 Å². The number of carbonyl (C=O) groups excluding carboxylic acids is 2. The third-order valence-corrected chi connectivity index (χ3v) is 11.0. The lowest BCUT2D eigenvalue weighted by Gasteiger charge is -2.62. The first-order valence-corrected chi connectivity index (χ1v) is 13.5. The Morgan fingerprint density at radius 3 is 2.36 bits per heavy atom. The molecule has 5 heteroatoms. The number of rotatable bonds is 6. The highest BCUT2D eigenvalue weighted by Crippen LogP contribution is 2.68. The van der Waals surface area contributed by atoms with Crippen LogP contribution in [0.2, 0.25) is 0 Å². The van der Waals surface area contributed by atoms with Crippen molar-refractivity contribution in [2.24, 2.45) is 52.3 Å². The van der Waals surface area contributed by atoms with Crippen LogP contribution in [0.25, 0.3) is 0 Å². The fourth-order valence-electron chi connectivity index (χ4n) is 9.49. The van der Waals surface area contributed by atoms with E-state index >= 15 is 0 Å². The maximum atomic E-state index is 14.1. The molecule has 186 valence electrons. The second-order valence-electron chi connectivity index (χ2n) is 12.4. The van der Waals surface area contributed by atoms with Gasteiger partial charge in [-0.2, -0.15) is 0 Å². The molecule has 4 rings (SSSR count). The molecule has 10 atom stereocenters. The summed E-state index contributed by atoms with van der Waals surface area (Å²) in [4.78, 5) is 36.9. The van der Waals surface area contributed by atoms with Crippen molar-refractivity contribution in [1.82, 2.24) is 0 Å². The van der Waals surface area contributed by atoms with Crippen molar-refractivity contribution in [3.8, 4) is 0 Å². The van der Waals surface area contributed by atoms with Gasteiger partial charge in [-0.1, -0.05) is 27.7 Å². The first-order valence-electron chi connectivity index (χ1n) is 13.5. The van der Waals surface area contributed by atoms with Gasteiger partial charge in [-0.3, -0.25) is 14.4 Å². The highest BCUT2D eigenvalue weighted by molar-refractivity contribution is 5.86. The summed E-state index contributed by atoms with van der Waals surface area (Å²) < 4.78 is 5.62. The highest BCUT2D eigenvalue weighted by atomic mass is 16.5. The lowest BCUT2D eigenvalue weighted by Crippen LogP contribution is -2.60. The molecule has 0 bridgehead atoms. The van der Waals surface area contributed by atoms with Crippen LogP contribution in [0.15, 0.2) is 0 Å². The Kier molecular flexibility index (Phi) is 6.74. The van der Waals surface area contributed by atoms with Gasteiger partial charge in [0.15, 0.2) is 0 Å². The number of carbonyl (C=O) groups is 3. The van der Waals surface area contributed by atoms with Gasteiger partial charge in [-0.05, 0) is 98.2 Å². The van der Waals surface area contributed by atoms with Gasteiger partial charge in [-0.15, -0.1) is 0 Å². The van der Waals surface area contributed by atoms with Crippen LogP contribution in [-0.2, 0) is 19.1 Å². The minimum Gasteiger partial charge on any atom is -0.481 e. The van der Waals surface area contributed by atoms with Crippen LogP contribution in [-0.4, -0.2) is 28.9 Å². The van der Waals surface area contributed by atoms with E-state index in [1.54, 1.807) is 0 Å². The Morgan fingerprint density at radius 2 is 1.73 bits per heavy atom. The molecule has 0 radical (unpaired) electrons. The first-order chi connectivity index (χ1) is 15.5. The van der Waals surface area contributed by atoms with Gasteiger partial charge in [0.05, 0.1) is 0 Å². The molecule has 0 heterocycles. The smallest absolute Gasteiger partial charge is 0.303 e. The van der Waals surface area contributed by atoms with Gasteiger partial charge in [0.25, 0.3) is 0 Å². The Labute approximate surface area is 199 Å². The lowest BCUT2D eigenvalue weighted by molar-refractivity contribution is -0.178. The van der Waals surface area contributed by atoms with Crippen LogP contribution in [0, 0.1) is 52.3 Å². The van der Waals surface area contributed by atoms with Crippen molar-refractivity contribution >= 4 is 17.7 Å². The van der Waals surface area contributed by atoms with Crippen LogP contribution in [0.3, 0.4) is 0 Å². The predicted molar refractivity (Wildman–Crippen MR) is 126 cm³/mol. The number of esters is 1. The third kappa shape index (κ3) is 4.05. The van der Waals surface area contributed by atoms with Gasteiger partial charge >= 0.3 is 11.9 Å². The first kappa shape index (κ1) is 24.7. The number of carboxylic acids is 1. The molecule has 4 saturated carbocycles. The monoisotopic (exact) mass is 460 g/mol. The van der Waals surface area contributed by atoms with Crippen molar-refractivity contribution in [3.63, 3.8) is 0 Å². The molecule has 4 aliphatic rings. The van der Waals surface area contributed by atoms with Crippen molar-refractivity contribution in [1.29, 1.82) is 0 Å². The van der Waals surface area contributed by atoms with Crippen LogP contribution < -0.4 is 0 Å². The summed E-state index contributed by atoms with van der Waals surface area (Å²) in [7, 11) is 0. The lowest BCUT2D eigenvalue weighted by atomic mass is 9.42. The standard InChI is InChI=1S/C28H44O5/c1-6-19-23-15-18(33-17(3)29)11-13-28(23,5)22-12-14-27(4)20(16(2)7-10-24(30)31)8-9-21(27)25(22)26(19)32/h16,18-23,25H,6-15H2,1-5H3,(H,30,31)/t16-,18-,19-,20-,21?,22?,23+,25?,27-,28-/m1/s1.